The molecule has 0 saturated carbocycles. The maximum absolute atomic E-state index is 12.0. The van der Waals surface area contributed by atoms with Crippen LogP contribution in [-0.2, 0) is 0 Å². The highest BCUT2D eigenvalue weighted by molar-refractivity contribution is 5.95. The van der Waals surface area contributed by atoms with E-state index in [1.54, 1.807) is 12.3 Å². The molecule has 1 unspecified atom stereocenters. The molecular formula is C11H17ClN2O2. The first-order valence-electron chi connectivity index (χ1n) is 5.26. The Morgan fingerprint density at radius 2 is 2.44 bits per heavy atom. The number of nitrogens with two attached hydrogens (primary N) is 1. The minimum atomic E-state index is 0. The van der Waals surface area contributed by atoms with Crippen molar-refractivity contribution in [3.8, 4) is 0 Å². The molecule has 1 aromatic rings. The van der Waals surface area contributed by atoms with Gasteiger partial charge >= 0.3 is 0 Å². The summed E-state index contributed by atoms with van der Waals surface area (Å²) in [7, 11) is 0. The van der Waals surface area contributed by atoms with Crippen LogP contribution in [0.5, 0.6) is 0 Å². The first kappa shape index (κ1) is 13.1. The van der Waals surface area contributed by atoms with E-state index in [0.717, 1.165) is 19.5 Å². The molecule has 0 radical (unpaired) electrons. The number of carbonyl (C=O) groups excluding carboxylic acids is 1. The van der Waals surface area contributed by atoms with Crippen molar-refractivity contribution in [1.82, 2.24) is 4.90 Å². The highest BCUT2D eigenvalue weighted by Gasteiger charge is 2.27. The van der Waals surface area contributed by atoms with Crippen molar-refractivity contribution in [3.63, 3.8) is 0 Å². The van der Waals surface area contributed by atoms with E-state index in [-0.39, 0.29) is 18.3 Å². The van der Waals surface area contributed by atoms with Crippen molar-refractivity contribution < 1.29 is 9.21 Å². The molecule has 0 aromatic carbocycles. The van der Waals surface area contributed by atoms with Gasteiger partial charge in [-0.3, -0.25) is 4.79 Å². The van der Waals surface area contributed by atoms with E-state index in [0.29, 0.717) is 23.8 Å². The monoisotopic (exact) mass is 244 g/mol. The second-order valence-electron chi connectivity index (χ2n) is 4.03. The van der Waals surface area contributed by atoms with Crippen LogP contribution in [0.3, 0.4) is 0 Å². The summed E-state index contributed by atoms with van der Waals surface area (Å²) in [6.45, 7) is 4.06. The summed E-state index contributed by atoms with van der Waals surface area (Å²) in [5.41, 5.74) is 6.26. The van der Waals surface area contributed by atoms with E-state index >= 15 is 0 Å². The van der Waals surface area contributed by atoms with Crippen LogP contribution in [0.4, 0.5) is 0 Å². The standard InChI is InChI=1S/C11H16N2O2.ClH/c1-8-10(3-5-15-8)11(14)13-4-2-9(6-12)7-13;/h3,5,9H,2,4,6-7,12H2,1H3;1H. The fraction of sp³-hybridized carbons (Fsp3) is 0.545. The van der Waals surface area contributed by atoms with Crippen molar-refractivity contribution >= 4 is 18.3 Å². The molecule has 2 rings (SSSR count). The number of amides is 1. The Morgan fingerprint density at radius 1 is 1.69 bits per heavy atom. The predicted molar refractivity (Wildman–Crippen MR) is 63.8 cm³/mol. The number of likely N-dealkylation sites (tertiary alicyclic amines) is 1. The van der Waals surface area contributed by atoms with Crippen LogP contribution >= 0.6 is 12.4 Å². The Balaban J connectivity index is 0.00000128. The average Bonchev–Trinajstić information content (AvgIpc) is 2.84. The van der Waals surface area contributed by atoms with Crippen molar-refractivity contribution in [3.05, 3.63) is 23.7 Å². The smallest absolute Gasteiger partial charge is 0.257 e. The first-order valence-corrected chi connectivity index (χ1v) is 5.26. The van der Waals surface area contributed by atoms with E-state index < -0.39 is 0 Å². The third-order valence-corrected chi connectivity index (χ3v) is 3.00. The maximum atomic E-state index is 12.0. The zero-order valence-electron chi connectivity index (χ0n) is 9.31. The number of nitrogens with zero attached hydrogens (tertiary/aromatic N) is 1. The maximum Gasteiger partial charge on any atom is 0.257 e. The number of carbonyl (C=O) groups is 1. The summed E-state index contributed by atoms with van der Waals surface area (Å²) < 4.78 is 5.13. The van der Waals surface area contributed by atoms with Gasteiger partial charge < -0.3 is 15.1 Å². The molecule has 1 saturated heterocycles. The summed E-state index contributed by atoms with van der Waals surface area (Å²) in [6.07, 6.45) is 2.57. The first-order chi connectivity index (χ1) is 7.22. The van der Waals surface area contributed by atoms with E-state index in [1.807, 2.05) is 11.8 Å². The number of hydrogen-bond acceptors (Lipinski definition) is 3. The molecule has 0 spiro atoms. The largest absolute Gasteiger partial charge is 0.469 e. The lowest BCUT2D eigenvalue weighted by atomic mass is 10.1. The summed E-state index contributed by atoms with van der Waals surface area (Å²) in [5.74, 6) is 1.22. The Kier molecular flexibility index (Phi) is 4.38. The van der Waals surface area contributed by atoms with Crippen molar-refractivity contribution in [2.75, 3.05) is 19.6 Å². The van der Waals surface area contributed by atoms with Crippen LogP contribution in [0, 0.1) is 12.8 Å². The van der Waals surface area contributed by atoms with Gasteiger partial charge in [-0.1, -0.05) is 0 Å². The predicted octanol–water partition coefficient (Wildman–Crippen LogP) is 1.43. The lowest BCUT2D eigenvalue weighted by Crippen LogP contribution is -2.29. The van der Waals surface area contributed by atoms with Gasteiger partial charge in [0.1, 0.15) is 5.76 Å². The Labute approximate surface area is 101 Å². The van der Waals surface area contributed by atoms with E-state index in [4.69, 9.17) is 10.2 Å². The fourth-order valence-corrected chi connectivity index (χ4v) is 1.99. The van der Waals surface area contributed by atoms with Gasteiger partial charge in [0.25, 0.3) is 5.91 Å². The summed E-state index contributed by atoms with van der Waals surface area (Å²) >= 11 is 0. The lowest BCUT2D eigenvalue weighted by molar-refractivity contribution is 0.0786. The topological polar surface area (TPSA) is 59.5 Å². The molecule has 2 heterocycles. The molecule has 16 heavy (non-hydrogen) atoms. The molecule has 2 N–H and O–H groups in total. The Hall–Kier alpha value is -1.00. The van der Waals surface area contributed by atoms with E-state index in [1.165, 1.54) is 0 Å². The molecule has 0 aliphatic carbocycles. The van der Waals surface area contributed by atoms with Gasteiger partial charge in [0, 0.05) is 13.1 Å². The molecule has 1 aromatic heterocycles. The van der Waals surface area contributed by atoms with Gasteiger partial charge in [-0.05, 0) is 31.9 Å². The van der Waals surface area contributed by atoms with Gasteiger partial charge in [-0.2, -0.15) is 0 Å². The average molecular weight is 245 g/mol. The molecule has 1 fully saturated rings. The molecule has 1 aliphatic heterocycles. The van der Waals surface area contributed by atoms with Crippen LogP contribution < -0.4 is 5.73 Å². The SMILES string of the molecule is Cc1occc1C(=O)N1CCC(CN)C1.Cl. The number of rotatable bonds is 2. The highest BCUT2D eigenvalue weighted by Crippen LogP contribution is 2.19. The third kappa shape index (κ3) is 2.39. The molecule has 90 valence electrons. The van der Waals surface area contributed by atoms with Gasteiger partial charge in [-0.15, -0.1) is 12.4 Å². The molecule has 1 atom stereocenters. The van der Waals surface area contributed by atoms with Crippen molar-refractivity contribution in [2.24, 2.45) is 11.7 Å². The van der Waals surface area contributed by atoms with E-state index in [9.17, 15) is 4.79 Å². The van der Waals surface area contributed by atoms with Crippen LogP contribution in [0.2, 0.25) is 0 Å². The lowest BCUT2D eigenvalue weighted by Gasteiger charge is -2.15. The second kappa shape index (κ2) is 5.37. The molecule has 1 aliphatic rings. The van der Waals surface area contributed by atoms with E-state index in [2.05, 4.69) is 0 Å². The molecular weight excluding hydrogens is 228 g/mol. The van der Waals surface area contributed by atoms with Crippen molar-refractivity contribution in [2.45, 2.75) is 13.3 Å². The van der Waals surface area contributed by atoms with Crippen LogP contribution in [0.15, 0.2) is 16.7 Å². The number of halogens is 1. The van der Waals surface area contributed by atoms with Crippen LogP contribution in [0.25, 0.3) is 0 Å². The summed E-state index contributed by atoms with van der Waals surface area (Å²) in [5, 5.41) is 0. The van der Waals surface area contributed by atoms with Crippen LogP contribution in [-0.4, -0.2) is 30.4 Å². The van der Waals surface area contributed by atoms with Gasteiger partial charge in [-0.25, -0.2) is 0 Å². The van der Waals surface area contributed by atoms with Crippen molar-refractivity contribution in [1.29, 1.82) is 0 Å². The molecule has 1 amide bonds. The molecule has 5 heteroatoms. The number of furan rings is 1. The zero-order chi connectivity index (χ0) is 10.8. The normalized spacial score (nSPS) is 19.6. The Morgan fingerprint density at radius 3 is 2.94 bits per heavy atom. The zero-order valence-corrected chi connectivity index (χ0v) is 10.1. The fourth-order valence-electron chi connectivity index (χ4n) is 1.99. The van der Waals surface area contributed by atoms with Crippen LogP contribution in [0.1, 0.15) is 22.5 Å². The highest BCUT2D eigenvalue weighted by atomic mass is 35.5. The number of aryl methyl sites for hydroxylation is 1. The van der Waals surface area contributed by atoms with Gasteiger partial charge in [0.2, 0.25) is 0 Å². The molecule has 0 bridgehead atoms. The quantitative estimate of drug-likeness (QED) is 0.856. The van der Waals surface area contributed by atoms with Gasteiger partial charge in [0.15, 0.2) is 0 Å². The Bertz CT molecular complexity index is 365. The minimum Gasteiger partial charge on any atom is -0.469 e. The number of hydrogen-bond donors (Lipinski definition) is 1. The summed E-state index contributed by atoms with van der Waals surface area (Å²) in [6, 6.07) is 1.73. The molecule has 4 nitrogen and oxygen atoms in total. The third-order valence-electron chi connectivity index (χ3n) is 3.00. The second-order valence-corrected chi connectivity index (χ2v) is 4.03. The minimum absolute atomic E-state index is 0. The van der Waals surface area contributed by atoms with Gasteiger partial charge in [0.05, 0.1) is 11.8 Å². The summed E-state index contributed by atoms with van der Waals surface area (Å²) in [4.78, 5) is 13.9.